The highest BCUT2D eigenvalue weighted by molar-refractivity contribution is 5.97. The number of anilines is 2. The second kappa shape index (κ2) is 12.9. The topological polar surface area (TPSA) is 118 Å². The van der Waals surface area contributed by atoms with Crippen molar-refractivity contribution in [3.8, 4) is 12.1 Å². The highest BCUT2D eigenvalue weighted by Crippen LogP contribution is 2.36. The summed E-state index contributed by atoms with van der Waals surface area (Å²) >= 11 is 0. The van der Waals surface area contributed by atoms with Crippen LogP contribution in [-0.4, -0.2) is 115 Å². The van der Waals surface area contributed by atoms with Crippen LogP contribution in [-0.2, 0) is 22.5 Å². The number of ether oxygens (including phenoxy) is 2. The molecule has 0 saturated carbocycles. The monoisotopic (exact) mass is 638 g/mol. The SMILES string of the molecule is COC(=O)[C@@H]1CN1C(=O)N1CCN(c2nc(OC[C@@H]3CCCN3C)nc3c2CCN(c2cccc4cccc(C)c24)C3)C[C@@H]1CC#N. The number of amides is 2. The Bertz CT molecular complexity index is 1720. The third-order valence-corrected chi connectivity index (χ3v) is 10.2. The van der Waals surface area contributed by atoms with Crippen LogP contribution in [0.3, 0.4) is 0 Å². The number of esters is 1. The maximum atomic E-state index is 13.4. The van der Waals surface area contributed by atoms with Crippen LogP contribution >= 0.6 is 0 Å². The highest BCUT2D eigenvalue weighted by Gasteiger charge is 2.48. The Morgan fingerprint density at radius 2 is 1.83 bits per heavy atom. The van der Waals surface area contributed by atoms with Crippen LogP contribution in [0.4, 0.5) is 16.3 Å². The van der Waals surface area contributed by atoms with Crippen molar-refractivity contribution in [3.63, 3.8) is 0 Å². The summed E-state index contributed by atoms with van der Waals surface area (Å²) in [4.78, 5) is 45.6. The van der Waals surface area contributed by atoms with Crippen molar-refractivity contribution in [1.29, 1.82) is 5.26 Å². The summed E-state index contributed by atoms with van der Waals surface area (Å²) in [7, 11) is 3.46. The molecule has 3 fully saturated rings. The fraction of sp³-hybridized carbons (Fsp3) is 0.514. The van der Waals surface area contributed by atoms with Crippen molar-refractivity contribution < 1.29 is 19.1 Å². The second-order valence-corrected chi connectivity index (χ2v) is 13.1. The first kappa shape index (κ1) is 31.0. The predicted octanol–water partition coefficient (Wildman–Crippen LogP) is 3.36. The molecule has 3 saturated heterocycles. The van der Waals surface area contributed by atoms with E-state index < -0.39 is 12.0 Å². The van der Waals surface area contributed by atoms with Gasteiger partial charge in [0.05, 0.1) is 44.4 Å². The molecular weight excluding hydrogens is 596 g/mol. The summed E-state index contributed by atoms with van der Waals surface area (Å²) < 4.78 is 11.2. The molecule has 12 heteroatoms. The number of hydrogen-bond donors (Lipinski definition) is 0. The first-order chi connectivity index (χ1) is 22.9. The largest absolute Gasteiger partial charge is 0.467 e. The summed E-state index contributed by atoms with van der Waals surface area (Å²) in [5.41, 5.74) is 4.48. The number of rotatable bonds is 7. The number of urea groups is 1. The molecule has 0 N–H and O–H groups in total. The molecule has 3 atom stereocenters. The Kier molecular flexibility index (Phi) is 8.49. The van der Waals surface area contributed by atoms with E-state index in [4.69, 9.17) is 19.4 Å². The zero-order chi connectivity index (χ0) is 32.7. The zero-order valence-electron chi connectivity index (χ0n) is 27.4. The summed E-state index contributed by atoms with van der Waals surface area (Å²) in [6.07, 6.45) is 3.18. The zero-order valence-corrected chi connectivity index (χ0v) is 27.4. The van der Waals surface area contributed by atoms with Crippen LogP contribution in [0.2, 0.25) is 0 Å². The summed E-state index contributed by atoms with van der Waals surface area (Å²) in [6.45, 7) is 6.94. The molecule has 5 heterocycles. The maximum absolute atomic E-state index is 13.4. The van der Waals surface area contributed by atoms with Gasteiger partial charge in [-0.2, -0.15) is 15.2 Å². The molecule has 0 aliphatic carbocycles. The lowest BCUT2D eigenvalue weighted by Crippen LogP contribution is -2.57. The molecule has 0 radical (unpaired) electrons. The van der Waals surface area contributed by atoms with E-state index in [-0.39, 0.29) is 18.5 Å². The van der Waals surface area contributed by atoms with E-state index in [1.807, 2.05) is 0 Å². The van der Waals surface area contributed by atoms with Crippen LogP contribution in [0.5, 0.6) is 6.01 Å². The van der Waals surface area contributed by atoms with Gasteiger partial charge in [0.15, 0.2) is 0 Å². The van der Waals surface area contributed by atoms with E-state index in [0.29, 0.717) is 51.4 Å². The normalized spacial score (nSPS) is 22.6. The molecule has 2 aromatic carbocycles. The van der Waals surface area contributed by atoms with Gasteiger partial charge < -0.3 is 34.0 Å². The standard InChI is InChI=1S/C35H42N8O4/c1-23-7-4-8-24-9-5-11-29(31(23)24)40-16-13-27-28(20-40)37-34(47-22-26-10-6-15-39(26)2)38-32(27)41-17-18-42(25(19-41)12-14-36)35(45)43-21-30(43)33(44)46-3/h4-5,7-9,11,25-26,30H,6,10,12-13,15-22H2,1-3H3/t25-,26-,30-,43?/m0/s1. The van der Waals surface area contributed by atoms with Gasteiger partial charge in [0.2, 0.25) is 0 Å². The van der Waals surface area contributed by atoms with E-state index in [0.717, 1.165) is 49.4 Å². The van der Waals surface area contributed by atoms with Crippen LogP contribution in [0.15, 0.2) is 36.4 Å². The molecule has 47 heavy (non-hydrogen) atoms. The Morgan fingerprint density at radius 3 is 2.60 bits per heavy atom. The minimum absolute atomic E-state index is 0.178. The average molecular weight is 639 g/mol. The lowest BCUT2D eigenvalue weighted by molar-refractivity contribution is -0.140. The number of nitriles is 1. The fourth-order valence-corrected chi connectivity index (χ4v) is 7.48. The molecule has 2 amide bonds. The van der Waals surface area contributed by atoms with Crippen molar-refractivity contribution in [2.24, 2.45) is 0 Å². The quantitative estimate of drug-likeness (QED) is 0.282. The second-order valence-electron chi connectivity index (χ2n) is 13.1. The molecular formula is C35H42N8O4. The lowest BCUT2D eigenvalue weighted by atomic mass is 9.99. The number of likely N-dealkylation sites (tertiary alicyclic amines) is 1. The van der Waals surface area contributed by atoms with Crippen LogP contribution < -0.4 is 14.5 Å². The molecule has 0 bridgehead atoms. The fourth-order valence-electron chi connectivity index (χ4n) is 7.48. The van der Waals surface area contributed by atoms with Gasteiger partial charge in [-0.05, 0) is 56.8 Å². The molecule has 1 aromatic heterocycles. The lowest BCUT2D eigenvalue weighted by Gasteiger charge is -2.42. The van der Waals surface area contributed by atoms with Gasteiger partial charge in [0, 0.05) is 48.9 Å². The maximum Gasteiger partial charge on any atom is 0.330 e. The number of benzene rings is 2. The molecule has 4 aliphatic rings. The van der Waals surface area contributed by atoms with Gasteiger partial charge in [-0.15, -0.1) is 0 Å². The molecule has 3 aromatic rings. The number of fused-ring (bicyclic) bond motifs is 2. The Labute approximate surface area is 275 Å². The van der Waals surface area contributed by atoms with E-state index >= 15 is 0 Å². The molecule has 12 nitrogen and oxygen atoms in total. The molecule has 246 valence electrons. The molecule has 0 unspecified atom stereocenters. The number of nitrogens with zero attached hydrogens (tertiary/aromatic N) is 8. The van der Waals surface area contributed by atoms with E-state index in [1.165, 1.54) is 34.0 Å². The van der Waals surface area contributed by atoms with E-state index in [2.05, 4.69) is 71.1 Å². The number of likely N-dealkylation sites (N-methyl/N-ethyl adjacent to an activating group) is 1. The Morgan fingerprint density at radius 1 is 1.00 bits per heavy atom. The summed E-state index contributed by atoms with van der Waals surface area (Å²) in [6, 6.07) is 14.7. The molecule has 0 spiro atoms. The third kappa shape index (κ3) is 6.00. The van der Waals surface area contributed by atoms with Gasteiger partial charge >= 0.3 is 18.0 Å². The van der Waals surface area contributed by atoms with Crippen molar-refractivity contribution in [3.05, 3.63) is 53.2 Å². The number of carbonyl (C=O) groups excluding carboxylic acids is 2. The summed E-state index contributed by atoms with van der Waals surface area (Å²) in [5, 5.41) is 12.2. The number of aryl methyl sites for hydroxylation is 1. The van der Waals surface area contributed by atoms with Gasteiger partial charge in [-0.1, -0.05) is 30.3 Å². The van der Waals surface area contributed by atoms with Crippen molar-refractivity contribution in [1.82, 2.24) is 24.7 Å². The Hall–Kier alpha value is -4.63. The predicted molar refractivity (Wildman–Crippen MR) is 177 cm³/mol. The van der Waals surface area contributed by atoms with Crippen molar-refractivity contribution in [2.75, 3.05) is 69.8 Å². The average Bonchev–Trinajstić information content (AvgIpc) is 3.79. The number of methoxy groups -OCH3 is 1. The minimum Gasteiger partial charge on any atom is -0.467 e. The number of carbonyl (C=O) groups is 2. The summed E-state index contributed by atoms with van der Waals surface area (Å²) in [5.74, 6) is 0.415. The molecule has 7 rings (SSSR count). The number of piperazine rings is 1. The van der Waals surface area contributed by atoms with Crippen molar-refractivity contribution in [2.45, 2.75) is 57.3 Å². The third-order valence-electron chi connectivity index (χ3n) is 10.2. The Balaban J connectivity index is 1.18. The smallest absolute Gasteiger partial charge is 0.330 e. The minimum atomic E-state index is -0.547. The van der Waals surface area contributed by atoms with Crippen LogP contribution in [0.1, 0.15) is 36.1 Å². The number of aromatic nitrogens is 2. The van der Waals surface area contributed by atoms with Gasteiger partial charge in [-0.25, -0.2) is 9.59 Å². The van der Waals surface area contributed by atoms with E-state index in [1.54, 1.807) is 4.90 Å². The number of hydrogen-bond acceptors (Lipinski definition) is 10. The van der Waals surface area contributed by atoms with Gasteiger partial charge in [0.1, 0.15) is 18.5 Å². The van der Waals surface area contributed by atoms with Crippen LogP contribution in [0.25, 0.3) is 10.8 Å². The van der Waals surface area contributed by atoms with Gasteiger partial charge in [0.25, 0.3) is 0 Å². The first-order valence-electron chi connectivity index (χ1n) is 16.6. The molecule has 4 aliphatic heterocycles. The van der Waals surface area contributed by atoms with Crippen molar-refractivity contribution >= 4 is 34.3 Å². The van der Waals surface area contributed by atoms with Gasteiger partial charge in [-0.3, -0.25) is 0 Å². The van der Waals surface area contributed by atoms with E-state index in [9.17, 15) is 14.9 Å². The highest BCUT2D eigenvalue weighted by atomic mass is 16.5. The van der Waals surface area contributed by atoms with Crippen LogP contribution in [0, 0.1) is 18.3 Å². The first-order valence-corrected chi connectivity index (χ1v) is 16.6.